The molecule has 0 amide bonds. The Balaban J connectivity index is 1.12. The Labute approximate surface area is 321 Å². The lowest BCUT2D eigenvalue weighted by Crippen LogP contribution is -2.28. The Morgan fingerprint density at radius 2 is 0.782 bits per heavy atom. The second-order valence-corrected chi connectivity index (χ2v) is 14.2. The minimum absolute atomic E-state index is 0.202. The molecule has 9 aromatic carbocycles. The Bertz CT molecular complexity index is 2740. The summed E-state index contributed by atoms with van der Waals surface area (Å²) < 4.78 is 16.2. The van der Waals surface area contributed by atoms with Gasteiger partial charge in [-0.05, 0) is 110 Å². The molecule has 0 atom stereocenters. The minimum atomic E-state index is -0.718. The fourth-order valence-corrected chi connectivity index (χ4v) is 8.74. The van der Waals surface area contributed by atoms with E-state index in [-0.39, 0.29) is 5.82 Å². The summed E-state index contributed by atoms with van der Waals surface area (Å²) in [5, 5.41) is 1.57. The van der Waals surface area contributed by atoms with Crippen LogP contribution < -0.4 is 4.90 Å². The highest BCUT2D eigenvalue weighted by molar-refractivity contribution is 6.04. The molecule has 0 heterocycles. The number of rotatable bonds is 7. The van der Waals surface area contributed by atoms with Gasteiger partial charge >= 0.3 is 0 Å². The molecule has 0 N–H and O–H groups in total. The van der Waals surface area contributed by atoms with Gasteiger partial charge in [-0.2, -0.15) is 0 Å². The third-order valence-electron chi connectivity index (χ3n) is 11.2. The molecule has 10 rings (SSSR count). The second-order valence-electron chi connectivity index (χ2n) is 14.2. The van der Waals surface area contributed by atoms with Crippen molar-refractivity contribution < 1.29 is 4.39 Å². The molecule has 1 aliphatic rings. The van der Waals surface area contributed by atoms with E-state index in [9.17, 15) is 0 Å². The van der Waals surface area contributed by atoms with Gasteiger partial charge in [0.15, 0.2) is 0 Å². The number of para-hydroxylation sites is 1. The van der Waals surface area contributed by atoms with Gasteiger partial charge in [0.25, 0.3) is 0 Å². The number of halogens is 1. The van der Waals surface area contributed by atoms with E-state index in [0.29, 0.717) is 5.39 Å². The molecule has 0 saturated carbocycles. The van der Waals surface area contributed by atoms with Crippen LogP contribution in [0.2, 0.25) is 0 Å². The molecular weight excluding hydrogens is 670 g/mol. The van der Waals surface area contributed by atoms with E-state index in [1.54, 1.807) is 6.07 Å². The van der Waals surface area contributed by atoms with Gasteiger partial charge in [0.1, 0.15) is 5.82 Å². The molecule has 0 fully saturated rings. The van der Waals surface area contributed by atoms with Crippen molar-refractivity contribution in [3.05, 3.63) is 246 Å². The second kappa shape index (κ2) is 13.4. The van der Waals surface area contributed by atoms with E-state index in [4.69, 9.17) is 0 Å². The van der Waals surface area contributed by atoms with Gasteiger partial charge in [0.05, 0.1) is 5.41 Å². The fourth-order valence-electron chi connectivity index (χ4n) is 8.74. The maximum absolute atomic E-state index is 16.2. The van der Waals surface area contributed by atoms with Crippen LogP contribution >= 0.6 is 0 Å². The SMILES string of the molecule is Fc1cc2c(c3ccccc13)-c1ccc(-c3ccc(N(c4ccccc4)c4ccc(-c5ccccc5)cc4)cc3)cc1C2(c1ccccc1)c1ccccc1. The third kappa shape index (κ3) is 5.37. The van der Waals surface area contributed by atoms with Gasteiger partial charge in [-0.15, -0.1) is 0 Å². The van der Waals surface area contributed by atoms with Crippen molar-refractivity contribution in [1.82, 2.24) is 0 Å². The molecule has 9 aromatic rings. The summed E-state index contributed by atoms with van der Waals surface area (Å²) in [4.78, 5) is 2.30. The standard InChI is InChI=1S/C53H36FN/c54-51-36-50-52(47-24-14-13-23-46(47)51)48-34-29-40(35-49(48)53(50,41-17-7-2-8-18-41)42-19-9-3-10-20-42)39-27-32-45(33-28-39)55(43-21-11-4-12-22-43)44-30-25-38(26-31-44)37-15-5-1-6-16-37/h1-36H. The highest BCUT2D eigenvalue weighted by Crippen LogP contribution is 2.58. The van der Waals surface area contributed by atoms with Crippen molar-refractivity contribution in [3.63, 3.8) is 0 Å². The summed E-state index contributed by atoms with van der Waals surface area (Å²) in [6, 6.07) is 76.3. The van der Waals surface area contributed by atoms with E-state index in [1.165, 1.54) is 11.1 Å². The van der Waals surface area contributed by atoms with Gasteiger partial charge in [-0.25, -0.2) is 4.39 Å². The van der Waals surface area contributed by atoms with E-state index in [1.807, 2.05) is 36.4 Å². The van der Waals surface area contributed by atoms with Crippen molar-refractivity contribution in [3.8, 4) is 33.4 Å². The zero-order chi connectivity index (χ0) is 36.8. The van der Waals surface area contributed by atoms with Crippen LogP contribution in [-0.2, 0) is 5.41 Å². The zero-order valence-electron chi connectivity index (χ0n) is 30.1. The van der Waals surface area contributed by atoms with Gasteiger partial charge in [-0.3, -0.25) is 0 Å². The van der Waals surface area contributed by atoms with Crippen molar-refractivity contribution in [2.24, 2.45) is 0 Å². The van der Waals surface area contributed by atoms with Crippen molar-refractivity contribution in [2.45, 2.75) is 5.41 Å². The Morgan fingerprint density at radius 3 is 1.36 bits per heavy atom. The Hall–Kier alpha value is -7.03. The van der Waals surface area contributed by atoms with Gasteiger partial charge in [0, 0.05) is 22.4 Å². The highest BCUT2D eigenvalue weighted by atomic mass is 19.1. The Kier molecular flexibility index (Phi) is 7.96. The summed E-state index contributed by atoms with van der Waals surface area (Å²) in [7, 11) is 0. The molecule has 0 bridgehead atoms. The van der Waals surface area contributed by atoms with Gasteiger partial charge < -0.3 is 4.90 Å². The van der Waals surface area contributed by atoms with Crippen molar-refractivity contribution in [2.75, 3.05) is 4.90 Å². The average molecular weight is 706 g/mol. The average Bonchev–Trinajstić information content (AvgIpc) is 3.56. The van der Waals surface area contributed by atoms with E-state index in [2.05, 4.69) is 181 Å². The predicted octanol–water partition coefficient (Wildman–Crippen LogP) is 14.1. The third-order valence-corrected chi connectivity index (χ3v) is 11.2. The maximum atomic E-state index is 16.2. The molecule has 260 valence electrons. The summed E-state index contributed by atoms with van der Waals surface area (Å²) in [6.07, 6.45) is 0. The first-order chi connectivity index (χ1) is 27.2. The normalized spacial score (nSPS) is 12.6. The maximum Gasteiger partial charge on any atom is 0.131 e. The van der Waals surface area contributed by atoms with Gasteiger partial charge in [0.2, 0.25) is 0 Å². The summed E-state index contributed by atoms with van der Waals surface area (Å²) in [5.41, 5.74) is 13.7. The van der Waals surface area contributed by atoms with Crippen molar-refractivity contribution >= 4 is 27.8 Å². The molecule has 0 spiro atoms. The highest BCUT2D eigenvalue weighted by Gasteiger charge is 2.47. The molecular formula is C53H36FN. The molecule has 55 heavy (non-hydrogen) atoms. The van der Waals surface area contributed by atoms with Crippen LogP contribution in [-0.4, -0.2) is 0 Å². The number of anilines is 3. The topological polar surface area (TPSA) is 3.24 Å². The van der Waals surface area contributed by atoms with Crippen LogP contribution in [0.1, 0.15) is 22.3 Å². The van der Waals surface area contributed by atoms with E-state index in [0.717, 1.165) is 67.0 Å². The first kappa shape index (κ1) is 32.6. The minimum Gasteiger partial charge on any atom is -0.311 e. The number of hydrogen-bond acceptors (Lipinski definition) is 1. The molecule has 0 saturated heterocycles. The lowest BCUT2D eigenvalue weighted by Gasteiger charge is -2.34. The molecule has 0 radical (unpaired) electrons. The van der Waals surface area contributed by atoms with Crippen LogP contribution in [0.5, 0.6) is 0 Å². The van der Waals surface area contributed by atoms with Crippen LogP contribution in [0.4, 0.5) is 21.5 Å². The molecule has 1 aliphatic carbocycles. The fraction of sp³-hybridized carbons (Fsp3) is 0.0189. The summed E-state index contributed by atoms with van der Waals surface area (Å²) in [6.45, 7) is 0. The first-order valence-electron chi connectivity index (χ1n) is 18.8. The van der Waals surface area contributed by atoms with Crippen LogP contribution in [0.25, 0.3) is 44.2 Å². The predicted molar refractivity (Wildman–Crippen MR) is 227 cm³/mol. The lowest BCUT2D eigenvalue weighted by atomic mass is 9.67. The van der Waals surface area contributed by atoms with E-state index >= 15 is 4.39 Å². The largest absolute Gasteiger partial charge is 0.311 e. The molecule has 0 aromatic heterocycles. The number of hydrogen-bond donors (Lipinski definition) is 0. The zero-order valence-corrected chi connectivity index (χ0v) is 30.1. The molecule has 2 heteroatoms. The Morgan fingerprint density at radius 1 is 0.345 bits per heavy atom. The van der Waals surface area contributed by atoms with Crippen molar-refractivity contribution in [1.29, 1.82) is 0 Å². The smallest absolute Gasteiger partial charge is 0.131 e. The number of nitrogens with zero attached hydrogens (tertiary/aromatic N) is 1. The van der Waals surface area contributed by atoms with E-state index < -0.39 is 5.41 Å². The van der Waals surface area contributed by atoms with Crippen LogP contribution in [0.15, 0.2) is 218 Å². The molecule has 0 aliphatic heterocycles. The first-order valence-corrected chi connectivity index (χ1v) is 18.8. The van der Waals surface area contributed by atoms with Crippen LogP contribution in [0, 0.1) is 5.82 Å². The summed E-state index contributed by atoms with van der Waals surface area (Å²) >= 11 is 0. The lowest BCUT2D eigenvalue weighted by molar-refractivity contribution is 0.633. The monoisotopic (exact) mass is 705 g/mol. The quantitative estimate of drug-likeness (QED) is 0.160. The number of benzene rings is 9. The summed E-state index contributed by atoms with van der Waals surface area (Å²) in [5.74, 6) is -0.202. The number of fused-ring (bicyclic) bond motifs is 5. The van der Waals surface area contributed by atoms with Gasteiger partial charge in [-0.1, -0.05) is 170 Å². The molecule has 1 nitrogen and oxygen atoms in total. The van der Waals surface area contributed by atoms with Crippen LogP contribution in [0.3, 0.4) is 0 Å². The molecule has 0 unspecified atom stereocenters.